The van der Waals surface area contributed by atoms with E-state index in [2.05, 4.69) is 5.32 Å². The van der Waals surface area contributed by atoms with Gasteiger partial charge in [0.2, 0.25) is 11.7 Å². The predicted molar refractivity (Wildman–Crippen MR) is 131 cm³/mol. The molecule has 0 bridgehead atoms. The highest BCUT2D eigenvalue weighted by Gasteiger charge is 2.36. The quantitative estimate of drug-likeness (QED) is 0.389. The number of imide groups is 1. The molecule has 0 radical (unpaired) electrons. The summed E-state index contributed by atoms with van der Waals surface area (Å²) in [7, 11) is 1.43. The topological polar surface area (TPSA) is 135 Å². The first-order valence-electron chi connectivity index (χ1n) is 10.7. The van der Waals surface area contributed by atoms with Crippen LogP contribution in [0.25, 0.3) is 6.08 Å². The summed E-state index contributed by atoms with van der Waals surface area (Å²) in [5.41, 5.74) is 0.870. The maximum Gasteiger partial charge on any atom is 0.371 e. The van der Waals surface area contributed by atoms with E-state index in [1.165, 1.54) is 49.6 Å². The molecule has 37 heavy (non-hydrogen) atoms. The predicted octanol–water partition coefficient (Wildman–Crippen LogP) is 4.38. The first kappa shape index (κ1) is 25.5. The van der Waals surface area contributed by atoms with Crippen LogP contribution < -0.4 is 14.8 Å². The van der Waals surface area contributed by atoms with Gasteiger partial charge >= 0.3 is 5.97 Å². The molecular formula is C25H19FN2O8S. The Morgan fingerprint density at radius 1 is 1.11 bits per heavy atom. The minimum absolute atomic E-state index is 0.0398. The van der Waals surface area contributed by atoms with Crippen LogP contribution >= 0.6 is 11.8 Å². The van der Waals surface area contributed by atoms with Crippen LogP contribution in [-0.2, 0) is 16.2 Å². The number of halogens is 1. The normalized spacial score (nSPS) is 14.2. The first-order valence-corrected chi connectivity index (χ1v) is 11.5. The Kier molecular flexibility index (Phi) is 7.58. The van der Waals surface area contributed by atoms with Crippen LogP contribution in [0.2, 0.25) is 0 Å². The standard InChI is InChI=1S/C25H19FN2O8S/c1-34-20-10-14(2-8-18(20)35-13-17-7-9-19(36-17)24(31)32)11-21-23(30)28(25(33)37-21)12-22(29)27-16-5-3-15(26)4-6-16/h2-11H,12-13H2,1H3,(H,27,29)(H,31,32)/b21-11-. The number of carbonyl (C=O) groups excluding carboxylic acids is 3. The molecule has 2 heterocycles. The van der Waals surface area contributed by atoms with E-state index in [-0.39, 0.29) is 17.3 Å². The Balaban J connectivity index is 1.41. The Morgan fingerprint density at radius 2 is 1.86 bits per heavy atom. The fraction of sp³-hybridized carbons (Fsp3) is 0.120. The van der Waals surface area contributed by atoms with Crippen molar-refractivity contribution in [3.05, 3.63) is 82.4 Å². The zero-order valence-corrected chi connectivity index (χ0v) is 20.0. The zero-order chi connectivity index (χ0) is 26.5. The van der Waals surface area contributed by atoms with Gasteiger partial charge in [0.15, 0.2) is 11.5 Å². The van der Waals surface area contributed by atoms with Crippen molar-refractivity contribution in [2.75, 3.05) is 19.0 Å². The molecule has 1 aliphatic heterocycles. The van der Waals surface area contributed by atoms with Gasteiger partial charge in [0.05, 0.1) is 12.0 Å². The number of anilines is 1. The number of hydrogen-bond acceptors (Lipinski definition) is 8. The number of carbonyl (C=O) groups is 4. The van der Waals surface area contributed by atoms with Gasteiger partial charge in [0.25, 0.3) is 11.1 Å². The monoisotopic (exact) mass is 526 g/mol. The molecule has 2 aromatic carbocycles. The molecule has 0 unspecified atom stereocenters. The van der Waals surface area contributed by atoms with Crippen LogP contribution in [0.1, 0.15) is 21.9 Å². The number of carboxylic acid groups (broad SMARTS) is 1. The SMILES string of the molecule is COc1cc(/C=C2\SC(=O)N(CC(=O)Nc3ccc(F)cc3)C2=O)ccc1OCc1ccc(C(=O)O)o1. The Labute approximate surface area is 213 Å². The van der Waals surface area contributed by atoms with Crippen molar-refractivity contribution in [2.24, 2.45) is 0 Å². The smallest absolute Gasteiger partial charge is 0.371 e. The molecule has 1 saturated heterocycles. The number of carboxylic acids is 1. The molecule has 0 atom stereocenters. The Morgan fingerprint density at radius 3 is 2.54 bits per heavy atom. The van der Waals surface area contributed by atoms with Gasteiger partial charge in [0, 0.05) is 5.69 Å². The number of nitrogens with one attached hydrogen (secondary N) is 1. The van der Waals surface area contributed by atoms with Crippen molar-refractivity contribution < 1.29 is 42.6 Å². The second kappa shape index (κ2) is 11.0. The molecule has 1 aromatic heterocycles. The molecule has 10 nitrogen and oxygen atoms in total. The van der Waals surface area contributed by atoms with Crippen molar-refractivity contribution >= 4 is 46.5 Å². The van der Waals surface area contributed by atoms with E-state index in [9.17, 15) is 23.6 Å². The number of rotatable bonds is 9. The summed E-state index contributed by atoms with van der Waals surface area (Å²) in [5.74, 6) is -2.11. The third kappa shape index (κ3) is 6.16. The molecule has 3 aromatic rings. The second-order valence-corrected chi connectivity index (χ2v) is 8.59. The molecule has 190 valence electrons. The maximum absolute atomic E-state index is 13.0. The van der Waals surface area contributed by atoms with Gasteiger partial charge in [-0.2, -0.15) is 0 Å². The number of ether oxygens (including phenoxy) is 2. The molecule has 2 N–H and O–H groups in total. The van der Waals surface area contributed by atoms with E-state index >= 15 is 0 Å². The van der Waals surface area contributed by atoms with E-state index in [0.29, 0.717) is 40.3 Å². The third-order valence-electron chi connectivity index (χ3n) is 5.03. The van der Waals surface area contributed by atoms with Gasteiger partial charge in [0.1, 0.15) is 24.7 Å². The number of amides is 3. The van der Waals surface area contributed by atoms with Crippen LogP contribution in [0.15, 0.2) is 63.9 Å². The first-order chi connectivity index (χ1) is 17.7. The number of thioether (sulfide) groups is 1. The van der Waals surface area contributed by atoms with Crippen molar-refractivity contribution in [3.8, 4) is 11.5 Å². The van der Waals surface area contributed by atoms with Gasteiger partial charge in [-0.1, -0.05) is 6.07 Å². The van der Waals surface area contributed by atoms with Crippen molar-refractivity contribution in [1.29, 1.82) is 0 Å². The van der Waals surface area contributed by atoms with Crippen LogP contribution in [0.5, 0.6) is 11.5 Å². The number of methoxy groups -OCH3 is 1. The molecule has 0 saturated carbocycles. The van der Waals surface area contributed by atoms with Gasteiger partial charge < -0.3 is 24.3 Å². The average Bonchev–Trinajstić information content (AvgIpc) is 3.45. The molecule has 4 rings (SSSR count). The molecule has 0 spiro atoms. The van der Waals surface area contributed by atoms with Crippen molar-refractivity contribution in [1.82, 2.24) is 4.90 Å². The number of aromatic carboxylic acids is 1. The highest BCUT2D eigenvalue weighted by atomic mass is 32.2. The summed E-state index contributed by atoms with van der Waals surface area (Å²) in [5, 5.41) is 10.8. The van der Waals surface area contributed by atoms with E-state index in [1.54, 1.807) is 18.2 Å². The highest BCUT2D eigenvalue weighted by Crippen LogP contribution is 2.34. The minimum atomic E-state index is -1.19. The highest BCUT2D eigenvalue weighted by molar-refractivity contribution is 8.18. The lowest BCUT2D eigenvalue weighted by molar-refractivity contribution is -0.127. The lowest BCUT2D eigenvalue weighted by atomic mass is 10.2. The molecule has 1 fully saturated rings. The van der Waals surface area contributed by atoms with Crippen molar-refractivity contribution in [2.45, 2.75) is 6.61 Å². The van der Waals surface area contributed by atoms with Crippen LogP contribution in [0.3, 0.4) is 0 Å². The Hall–Kier alpha value is -4.58. The summed E-state index contributed by atoms with van der Waals surface area (Å²) in [4.78, 5) is 49.3. The molecule has 12 heteroatoms. The van der Waals surface area contributed by atoms with E-state index in [0.717, 1.165) is 4.90 Å². The van der Waals surface area contributed by atoms with E-state index in [1.807, 2.05) is 0 Å². The molecule has 0 aliphatic carbocycles. The number of benzene rings is 2. The minimum Gasteiger partial charge on any atom is -0.493 e. The van der Waals surface area contributed by atoms with Gasteiger partial charge in [-0.25, -0.2) is 9.18 Å². The summed E-state index contributed by atoms with van der Waals surface area (Å²) in [6.45, 7) is -0.534. The molecular weight excluding hydrogens is 507 g/mol. The summed E-state index contributed by atoms with van der Waals surface area (Å²) >= 11 is 0.693. The second-order valence-electron chi connectivity index (χ2n) is 7.59. The lowest BCUT2D eigenvalue weighted by Gasteiger charge is -2.12. The van der Waals surface area contributed by atoms with E-state index in [4.69, 9.17) is 19.0 Å². The van der Waals surface area contributed by atoms with Crippen molar-refractivity contribution in [3.63, 3.8) is 0 Å². The maximum atomic E-state index is 13.0. The summed E-state index contributed by atoms with van der Waals surface area (Å²) < 4.78 is 29.2. The third-order valence-corrected chi connectivity index (χ3v) is 5.94. The van der Waals surface area contributed by atoms with Crippen LogP contribution in [0.4, 0.5) is 14.9 Å². The Bertz CT molecular complexity index is 1400. The average molecular weight is 526 g/mol. The fourth-order valence-electron chi connectivity index (χ4n) is 3.28. The van der Waals surface area contributed by atoms with Crippen LogP contribution in [-0.4, -0.2) is 46.7 Å². The fourth-order valence-corrected chi connectivity index (χ4v) is 4.12. The number of hydrogen-bond donors (Lipinski definition) is 2. The largest absolute Gasteiger partial charge is 0.493 e. The lowest BCUT2D eigenvalue weighted by Crippen LogP contribution is -2.36. The molecule has 1 aliphatic rings. The summed E-state index contributed by atoms with van der Waals surface area (Å²) in [6, 6.07) is 12.7. The molecule has 3 amide bonds. The van der Waals surface area contributed by atoms with Gasteiger partial charge in [-0.05, 0) is 71.9 Å². The number of nitrogens with zero attached hydrogens (tertiary/aromatic N) is 1. The zero-order valence-electron chi connectivity index (χ0n) is 19.2. The summed E-state index contributed by atoms with van der Waals surface area (Å²) in [6.07, 6.45) is 1.49. The van der Waals surface area contributed by atoms with Gasteiger partial charge in [-0.3, -0.25) is 19.3 Å². The van der Waals surface area contributed by atoms with Crippen LogP contribution in [0, 0.1) is 5.82 Å². The number of furan rings is 1. The van der Waals surface area contributed by atoms with E-state index < -0.39 is 35.4 Å². The van der Waals surface area contributed by atoms with Gasteiger partial charge in [-0.15, -0.1) is 0 Å².